The van der Waals surface area contributed by atoms with Gasteiger partial charge in [-0.25, -0.2) is 14.8 Å². The lowest BCUT2D eigenvalue weighted by atomic mass is 10.0. The Labute approximate surface area is 94.1 Å². The summed E-state index contributed by atoms with van der Waals surface area (Å²) in [7, 11) is 0. The van der Waals surface area contributed by atoms with E-state index in [4.69, 9.17) is 5.11 Å². The van der Waals surface area contributed by atoms with Gasteiger partial charge < -0.3 is 5.11 Å². The molecule has 16 heavy (non-hydrogen) atoms. The number of nitrogens with zero attached hydrogens (tertiary/aromatic N) is 3. The number of carboxylic acids is 1. The quantitative estimate of drug-likeness (QED) is 0.823. The molecule has 0 aromatic carbocycles. The molecule has 1 aliphatic heterocycles. The van der Waals surface area contributed by atoms with E-state index in [-0.39, 0.29) is 5.69 Å². The fraction of sp³-hybridized carbons (Fsp3) is 0.545. The van der Waals surface area contributed by atoms with Crippen molar-refractivity contribution >= 4 is 5.97 Å². The Morgan fingerprint density at radius 3 is 3.06 bits per heavy atom. The first-order valence-electron chi connectivity index (χ1n) is 5.50. The van der Waals surface area contributed by atoms with Crippen molar-refractivity contribution < 1.29 is 9.90 Å². The highest BCUT2D eigenvalue weighted by atomic mass is 16.4. The molecule has 0 unspecified atom stereocenters. The summed E-state index contributed by atoms with van der Waals surface area (Å²) in [5.74, 6) is -0.961. The van der Waals surface area contributed by atoms with Crippen molar-refractivity contribution in [3.8, 4) is 0 Å². The Bertz CT molecular complexity index is 406. The van der Waals surface area contributed by atoms with Gasteiger partial charge in [-0.1, -0.05) is 6.92 Å². The molecule has 1 aromatic rings. The first-order chi connectivity index (χ1) is 7.72. The number of hydrogen-bond acceptors (Lipinski definition) is 4. The predicted molar refractivity (Wildman–Crippen MR) is 58.3 cm³/mol. The van der Waals surface area contributed by atoms with Crippen molar-refractivity contribution in [1.82, 2.24) is 14.9 Å². The molecule has 5 heteroatoms. The zero-order chi connectivity index (χ0) is 11.5. The predicted octanol–water partition coefficient (Wildman–Crippen LogP) is 0.943. The highest BCUT2D eigenvalue weighted by molar-refractivity contribution is 5.87. The fourth-order valence-electron chi connectivity index (χ4n) is 2.09. The van der Waals surface area contributed by atoms with E-state index < -0.39 is 5.97 Å². The van der Waals surface area contributed by atoms with Gasteiger partial charge in [-0.15, -0.1) is 0 Å². The van der Waals surface area contributed by atoms with Crippen LogP contribution in [-0.4, -0.2) is 39.0 Å². The van der Waals surface area contributed by atoms with Crippen LogP contribution >= 0.6 is 0 Å². The Morgan fingerprint density at radius 2 is 2.38 bits per heavy atom. The van der Waals surface area contributed by atoms with Crippen LogP contribution in [0, 0.1) is 0 Å². The minimum Gasteiger partial charge on any atom is -0.476 e. The number of aromatic nitrogens is 2. The minimum atomic E-state index is -0.961. The number of hydrogen-bond donors (Lipinski definition) is 1. The molecular weight excluding hydrogens is 206 g/mol. The number of fused-ring (bicyclic) bond motifs is 1. The maximum absolute atomic E-state index is 11.0. The van der Waals surface area contributed by atoms with Gasteiger partial charge in [-0.3, -0.25) is 4.90 Å². The molecule has 86 valence electrons. The molecule has 0 saturated carbocycles. The van der Waals surface area contributed by atoms with Gasteiger partial charge in [0.15, 0.2) is 5.69 Å². The molecule has 0 spiro atoms. The molecule has 1 aliphatic rings. The summed E-state index contributed by atoms with van der Waals surface area (Å²) in [4.78, 5) is 21.3. The van der Waals surface area contributed by atoms with Crippen LogP contribution in [0.15, 0.2) is 6.33 Å². The molecular formula is C11H15N3O2. The van der Waals surface area contributed by atoms with E-state index in [0.29, 0.717) is 6.54 Å². The Morgan fingerprint density at radius 1 is 1.56 bits per heavy atom. The van der Waals surface area contributed by atoms with Gasteiger partial charge in [0.25, 0.3) is 0 Å². The largest absolute Gasteiger partial charge is 0.476 e. The van der Waals surface area contributed by atoms with E-state index in [1.54, 1.807) is 0 Å². The Balaban J connectivity index is 2.30. The van der Waals surface area contributed by atoms with Gasteiger partial charge in [-0.05, 0) is 13.0 Å². The molecule has 0 saturated heterocycles. The van der Waals surface area contributed by atoms with E-state index in [2.05, 4.69) is 21.8 Å². The molecule has 0 fully saturated rings. The summed E-state index contributed by atoms with van der Waals surface area (Å²) >= 11 is 0. The highest BCUT2D eigenvalue weighted by Gasteiger charge is 2.23. The molecule has 1 aromatic heterocycles. The van der Waals surface area contributed by atoms with Crippen LogP contribution in [0.25, 0.3) is 0 Å². The molecule has 0 radical (unpaired) electrons. The molecule has 2 heterocycles. The summed E-state index contributed by atoms with van der Waals surface area (Å²) in [6.45, 7) is 4.73. The summed E-state index contributed by atoms with van der Waals surface area (Å²) in [5.41, 5.74) is 1.83. The van der Waals surface area contributed by atoms with Crippen molar-refractivity contribution in [3.63, 3.8) is 0 Å². The first kappa shape index (κ1) is 11.0. The standard InChI is InChI=1S/C11H15N3O2/c1-2-4-14-5-3-9-8(6-14)10(11(15)16)13-7-12-9/h7H,2-6H2,1H3,(H,15,16). The van der Waals surface area contributed by atoms with Crippen LogP contribution in [-0.2, 0) is 13.0 Å². The van der Waals surface area contributed by atoms with Crippen LogP contribution in [0.3, 0.4) is 0 Å². The normalized spacial score (nSPS) is 15.8. The van der Waals surface area contributed by atoms with Crippen molar-refractivity contribution in [2.45, 2.75) is 26.3 Å². The molecule has 2 rings (SSSR count). The maximum Gasteiger partial charge on any atom is 0.354 e. The van der Waals surface area contributed by atoms with E-state index in [0.717, 1.165) is 37.2 Å². The first-order valence-corrected chi connectivity index (χ1v) is 5.50. The Kier molecular flexibility index (Phi) is 3.14. The highest BCUT2D eigenvalue weighted by Crippen LogP contribution is 2.19. The molecule has 5 nitrogen and oxygen atoms in total. The molecule has 0 bridgehead atoms. The number of carboxylic acid groups (broad SMARTS) is 1. The number of aromatic carboxylic acids is 1. The van der Waals surface area contributed by atoms with E-state index in [1.807, 2.05) is 0 Å². The van der Waals surface area contributed by atoms with Gasteiger partial charge in [-0.2, -0.15) is 0 Å². The van der Waals surface area contributed by atoms with E-state index in [1.165, 1.54) is 6.33 Å². The summed E-state index contributed by atoms with van der Waals surface area (Å²) in [5, 5.41) is 9.05. The second kappa shape index (κ2) is 4.57. The van der Waals surface area contributed by atoms with Gasteiger partial charge >= 0.3 is 5.97 Å². The second-order valence-corrected chi connectivity index (χ2v) is 3.98. The Hall–Kier alpha value is -1.49. The third-order valence-corrected chi connectivity index (χ3v) is 2.82. The van der Waals surface area contributed by atoms with Crippen LogP contribution in [0.4, 0.5) is 0 Å². The third-order valence-electron chi connectivity index (χ3n) is 2.82. The van der Waals surface area contributed by atoms with Crippen LogP contribution in [0.1, 0.15) is 35.1 Å². The summed E-state index contributed by atoms with van der Waals surface area (Å²) < 4.78 is 0. The van der Waals surface area contributed by atoms with Gasteiger partial charge in [0.05, 0.1) is 5.69 Å². The second-order valence-electron chi connectivity index (χ2n) is 3.98. The SMILES string of the molecule is CCCN1CCc2ncnc(C(=O)O)c2C1. The molecule has 0 atom stereocenters. The molecule has 1 N–H and O–H groups in total. The van der Waals surface area contributed by atoms with Gasteiger partial charge in [0, 0.05) is 25.1 Å². The summed E-state index contributed by atoms with van der Waals surface area (Å²) in [6.07, 6.45) is 3.24. The fourth-order valence-corrected chi connectivity index (χ4v) is 2.09. The van der Waals surface area contributed by atoms with Gasteiger partial charge in [0.2, 0.25) is 0 Å². The lowest BCUT2D eigenvalue weighted by molar-refractivity contribution is 0.0686. The summed E-state index contributed by atoms with van der Waals surface area (Å²) in [6, 6.07) is 0. The van der Waals surface area contributed by atoms with Gasteiger partial charge in [0.1, 0.15) is 6.33 Å². The molecule has 0 amide bonds. The average Bonchev–Trinajstić information content (AvgIpc) is 2.28. The monoisotopic (exact) mass is 221 g/mol. The molecule has 0 aliphatic carbocycles. The van der Waals surface area contributed by atoms with E-state index >= 15 is 0 Å². The van der Waals surface area contributed by atoms with Crippen molar-refractivity contribution in [2.24, 2.45) is 0 Å². The maximum atomic E-state index is 11.0. The number of rotatable bonds is 3. The van der Waals surface area contributed by atoms with Crippen molar-refractivity contribution in [2.75, 3.05) is 13.1 Å². The van der Waals surface area contributed by atoms with Crippen LogP contribution < -0.4 is 0 Å². The van der Waals surface area contributed by atoms with Crippen molar-refractivity contribution in [3.05, 3.63) is 23.3 Å². The smallest absolute Gasteiger partial charge is 0.354 e. The third kappa shape index (κ3) is 2.04. The zero-order valence-corrected chi connectivity index (χ0v) is 9.31. The number of carbonyl (C=O) groups is 1. The lowest BCUT2D eigenvalue weighted by Gasteiger charge is -2.27. The average molecular weight is 221 g/mol. The van der Waals surface area contributed by atoms with Crippen molar-refractivity contribution in [1.29, 1.82) is 0 Å². The topological polar surface area (TPSA) is 66.3 Å². The van der Waals surface area contributed by atoms with E-state index in [9.17, 15) is 4.79 Å². The van der Waals surface area contributed by atoms with Crippen LogP contribution in [0.2, 0.25) is 0 Å². The van der Waals surface area contributed by atoms with Crippen LogP contribution in [0.5, 0.6) is 0 Å². The zero-order valence-electron chi connectivity index (χ0n) is 9.31. The minimum absolute atomic E-state index is 0.158. The lowest BCUT2D eigenvalue weighted by Crippen LogP contribution is -2.33.